The van der Waals surface area contributed by atoms with Crippen molar-refractivity contribution >= 4 is 38.6 Å². The van der Waals surface area contributed by atoms with E-state index in [4.69, 9.17) is 16.3 Å². The maximum Gasteiger partial charge on any atom is 0.349 e. The first kappa shape index (κ1) is 20.7. The molecule has 0 spiro atoms. The Morgan fingerprint density at radius 3 is 2.80 bits per heavy atom. The number of benzene rings is 2. The van der Waals surface area contributed by atoms with Crippen LogP contribution < -0.4 is 11.2 Å². The first-order valence-electron chi connectivity index (χ1n) is 9.41. The molecule has 0 atom stereocenters. The summed E-state index contributed by atoms with van der Waals surface area (Å²) in [6.07, 6.45) is 0.738. The van der Waals surface area contributed by atoms with Crippen molar-refractivity contribution in [2.24, 2.45) is 0 Å². The van der Waals surface area contributed by atoms with Crippen molar-refractivity contribution in [2.45, 2.75) is 26.5 Å². The summed E-state index contributed by atoms with van der Waals surface area (Å²) in [5.74, 6) is 0.228. The number of hydrogen-bond donors (Lipinski definition) is 1. The maximum absolute atomic E-state index is 12.3. The van der Waals surface area contributed by atoms with Gasteiger partial charge in [-0.3, -0.25) is 9.78 Å². The van der Waals surface area contributed by atoms with Gasteiger partial charge in [0.2, 0.25) is 0 Å². The van der Waals surface area contributed by atoms with Crippen LogP contribution in [-0.2, 0) is 24.3 Å². The standard InChI is InChI=1S/C21H18BrClN4O3/c1-2-13-9-17-16(10-15(13)23)24-18-19(25-21(29)26-20(18)28)27(17)6-7-30-11-12-4-3-5-14(22)8-12/h3-5,8-10H,2,6-7,11H2,1H3,(H,26,28,29). The minimum absolute atomic E-state index is 0.0920. The zero-order valence-electron chi connectivity index (χ0n) is 16.1. The molecule has 9 heteroatoms. The van der Waals surface area contributed by atoms with Crippen LogP contribution in [0.5, 0.6) is 0 Å². The molecule has 1 N–H and O–H groups in total. The second-order valence-corrected chi connectivity index (χ2v) is 8.10. The van der Waals surface area contributed by atoms with Crippen LogP contribution in [0.15, 0.2) is 50.5 Å². The van der Waals surface area contributed by atoms with E-state index < -0.39 is 11.2 Å². The molecule has 0 saturated heterocycles. The van der Waals surface area contributed by atoms with E-state index in [0.717, 1.165) is 27.5 Å². The van der Waals surface area contributed by atoms with Crippen LogP contribution in [0.25, 0.3) is 22.6 Å². The normalized spacial score (nSPS) is 11.4. The molecule has 0 saturated carbocycles. The van der Waals surface area contributed by atoms with Crippen molar-refractivity contribution in [1.82, 2.24) is 19.5 Å². The van der Waals surface area contributed by atoms with Gasteiger partial charge in [0.1, 0.15) is 0 Å². The van der Waals surface area contributed by atoms with Crippen molar-refractivity contribution < 1.29 is 4.74 Å². The molecule has 2 aliphatic rings. The fourth-order valence-corrected chi connectivity index (χ4v) is 4.07. The molecule has 0 fully saturated rings. The lowest BCUT2D eigenvalue weighted by atomic mass is 10.1. The Morgan fingerprint density at radius 1 is 1.20 bits per heavy atom. The summed E-state index contributed by atoms with van der Waals surface area (Å²) >= 11 is 9.80. The number of aryl methyl sites for hydroxylation is 1. The molecule has 0 unspecified atom stereocenters. The van der Waals surface area contributed by atoms with Crippen LogP contribution in [0.1, 0.15) is 18.1 Å². The predicted octanol–water partition coefficient (Wildman–Crippen LogP) is 3.78. The number of aromatic nitrogens is 4. The largest absolute Gasteiger partial charge is 0.375 e. The molecule has 7 nitrogen and oxygen atoms in total. The van der Waals surface area contributed by atoms with E-state index in [1.54, 1.807) is 10.6 Å². The highest BCUT2D eigenvalue weighted by molar-refractivity contribution is 9.10. The quantitative estimate of drug-likeness (QED) is 0.329. The highest BCUT2D eigenvalue weighted by Gasteiger charge is 2.19. The number of H-pyrrole nitrogens is 1. The van der Waals surface area contributed by atoms with Gasteiger partial charge in [0.25, 0.3) is 5.56 Å². The van der Waals surface area contributed by atoms with Crippen LogP contribution in [0.4, 0.5) is 0 Å². The zero-order valence-corrected chi connectivity index (χ0v) is 18.5. The number of hydrogen-bond acceptors (Lipinski definition) is 5. The highest BCUT2D eigenvalue weighted by Crippen LogP contribution is 2.27. The molecule has 2 aliphatic heterocycles. The summed E-state index contributed by atoms with van der Waals surface area (Å²) in [4.78, 5) is 34.7. The summed E-state index contributed by atoms with van der Waals surface area (Å²) in [7, 11) is 0. The second-order valence-electron chi connectivity index (χ2n) is 6.78. The van der Waals surface area contributed by atoms with Gasteiger partial charge in [-0.25, -0.2) is 9.78 Å². The number of halogens is 2. The molecular weight excluding hydrogens is 472 g/mol. The first-order chi connectivity index (χ1) is 14.5. The fraction of sp³-hybridized carbons (Fsp3) is 0.238. The molecule has 0 aliphatic carbocycles. The number of ether oxygens (including phenoxy) is 1. The molecule has 2 aromatic rings. The maximum atomic E-state index is 12.3. The van der Waals surface area contributed by atoms with Crippen molar-refractivity contribution in [3.8, 4) is 11.5 Å². The van der Waals surface area contributed by atoms with E-state index in [1.165, 1.54) is 0 Å². The van der Waals surface area contributed by atoms with E-state index in [-0.39, 0.29) is 11.5 Å². The van der Waals surface area contributed by atoms with E-state index in [2.05, 4.69) is 30.9 Å². The van der Waals surface area contributed by atoms with Gasteiger partial charge in [-0.05, 0) is 41.8 Å². The average molecular weight is 490 g/mol. The SMILES string of the molecule is CCc1cc2c(cc1Cl)nc1c(=O)[nH]c(=O)nc-1n2CCOCc1cccc(Br)c1. The summed E-state index contributed by atoms with van der Waals surface area (Å²) in [5.41, 5.74) is 2.09. The monoisotopic (exact) mass is 488 g/mol. The van der Waals surface area contributed by atoms with Gasteiger partial charge >= 0.3 is 5.69 Å². The third-order valence-electron chi connectivity index (χ3n) is 4.77. The van der Waals surface area contributed by atoms with Crippen LogP contribution >= 0.6 is 27.5 Å². The van der Waals surface area contributed by atoms with Gasteiger partial charge in [0.15, 0.2) is 11.5 Å². The summed E-state index contributed by atoms with van der Waals surface area (Å²) in [6, 6.07) is 11.5. The van der Waals surface area contributed by atoms with E-state index in [9.17, 15) is 9.59 Å². The third-order valence-corrected chi connectivity index (χ3v) is 5.62. The molecule has 4 rings (SSSR count). The predicted molar refractivity (Wildman–Crippen MR) is 119 cm³/mol. The smallest absolute Gasteiger partial charge is 0.349 e. The Bertz CT molecular complexity index is 1320. The second kappa shape index (κ2) is 8.67. The molecule has 0 amide bonds. The molecule has 30 heavy (non-hydrogen) atoms. The number of nitrogens with zero attached hydrogens (tertiary/aromatic N) is 3. The molecule has 0 aromatic heterocycles. The van der Waals surface area contributed by atoms with Crippen molar-refractivity contribution in [3.05, 3.63) is 77.9 Å². The molecular formula is C21H18BrClN4O3. The minimum Gasteiger partial charge on any atom is -0.375 e. The Labute approximate surface area is 185 Å². The number of rotatable bonds is 6. The van der Waals surface area contributed by atoms with Gasteiger partial charge in [0, 0.05) is 16.0 Å². The third kappa shape index (κ3) is 4.16. The zero-order chi connectivity index (χ0) is 21.3. The molecule has 154 valence electrons. The van der Waals surface area contributed by atoms with Gasteiger partial charge < -0.3 is 9.30 Å². The lowest BCUT2D eigenvalue weighted by Gasteiger charge is -2.18. The topological polar surface area (TPSA) is 89.9 Å². The van der Waals surface area contributed by atoms with Crippen LogP contribution in [-0.4, -0.2) is 26.1 Å². The Kier molecular flexibility index (Phi) is 5.99. The lowest BCUT2D eigenvalue weighted by molar-refractivity contribution is 0.114. The minimum atomic E-state index is -0.706. The highest BCUT2D eigenvalue weighted by atomic mass is 79.9. The van der Waals surface area contributed by atoms with Crippen molar-refractivity contribution in [1.29, 1.82) is 0 Å². The number of fused-ring (bicyclic) bond motifs is 2. The average Bonchev–Trinajstić information content (AvgIpc) is 2.70. The molecule has 2 aromatic carbocycles. The first-order valence-corrected chi connectivity index (χ1v) is 10.6. The summed E-state index contributed by atoms with van der Waals surface area (Å²) in [6.45, 7) is 3.20. The Hall–Kier alpha value is -2.55. The molecule has 0 radical (unpaired) electrons. The molecule has 0 bridgehead atoms. The van der Waals surface area contributed by atoms with E-state index in [1.807, 2.05) is 37.3 Å². The summed E-state index contributed by atoms with van der Waals surface area (Å²) in [5, 5.41) is 0.583. The van der Waals surface area contributed by atoms with Crippen molar-refractivity contribution in [2.75, 3.05) is 6.61 Å². The van der Waals surface area contributed by atoms with Gasteiger partial charge in [-0.1, -0.05) is 46.6 Å². The van der Waals surface area contributed by atoms with Crippen LogP contribution in [0, 0.1) is 0 Å². The van der Waals surface area contributed by atoms with Gasteiger partial charge in [0.05, 0.1) is 24.2 Å². The number of aromatic amines is 1. The van der Waals surface area contributed by atoms with E-state index >= 15 is 0 Å². The number of nitrogens with one attached hydrogen (secondary N) is 1. The fourth-order valence-electron chi connectivity index (χ4n) is 3.33. The van der Waals surface area contributed by atoms with Crippen molar-refractivity contribution in [3.63, 3.8) is 0 Å². The Morgan fingerprint density at radius 2 is 2.03 bits per heavy atom. The lowest BCUT2D eigenvalue weighted by Crippen LogP contribution is -2.29. The van der Waals surface area contributed by atoms with Crippen LogP contribution in [0.2, 0.25) is 5.02 Å². The van der Waals surface area contributed by atoms with Gasteiger partial charge in [-0.2, -0.15) is 4.98 Å². The van der Waals surface area contributed by atoms with Gasteiger partial charge in [-0.15, -0.1) is 0 Å². The Balaban J connectivity index is 1.73. The van der Waals surface area contributed by atoms with Crippen LogP contribution in [0.3, 0.4) is 0 Å². The summed E-state index contributed by atoms with van der Waals surface area (Å²) < 4.78 is 8.62. The molecule has 2 heterocycles. The van der Waals surface area contributed by atoms with E-state index in [0.29, 0.717) is 30.3 Å².